The van der Waals surface area contributed by atoms with Gasteiger partial charge in [0, 0.05) is 18.7 Å². The molecule has 8 heteroatoms. The SMILES string of the molecule is C=C(C)[S+]([O-])Nc1cccc(-c2ncnc3[nH]cc(C(=O)OCC)c23)c1. The van der Waals surface area contributed by atoms with Crippen LogP contribution in [-0.4, -0.2) is 32.1 Å². The Hall–Kier alpha value is -2.84. The molecule has 2 N–H and O–H groups in total. The Labute approximate surface area is 153 Å². The molecule has 134 valence electrons. The average molecular weight is 370 g/mol. The van der Waals surface area contributed by atoms with E-state index in [9.17, 15) is 9.35 Å². The summed E-state index contributed by atoms with van der Waals surface area (Å²) in [6.07, 6.45) is 2.99. The number of nitrogens with zero attached hydrogens (tertiary/aromatic N) is 2. The van der Waals surface area contributed by atoms with Crippen LogP contribution in [-0.2, 0) is 16.1 Å². The van der Waals surface area contributed by atoms with E-state index < -0.39 is 17.3 Å². The lowest BCUT2D eigenvalue weighted by atomic mass is 10.1. The molecular weight excluding hydrogens is 352 g/mol. The molecule has 1 unspecified atom stereocenters. The zero-order valence-electron chi connectivity index (χ0n) is 14.4. The van der Waals surface area contributed by atoms with Crippen LogP contribution in [0.3, 0.4) is 0 Å². The fraction of sp³-hybridized carbons (Fsp3) is 0.167. The lowest BCUT2D eigenvalue weighted by Gasteiger charge is -2.12. The third-order valence-electron chi connectivity index (χ3n) is 3.63. The molecule has 2 heterocycles. The van der Waals surface area contributed by atoms with E-state index in [0.717, 1.165) is 5.56 Å². The number of fused-ring (bicyclic) bond motifs is 1. The first-order valence-corrected chi connectivity index (χ1v) is 9.09. The molecule has 3 rings (SSSR count). The maximum absolute atomic E-state index is 12.2. The zero-order chi connectivity index (χ0) is 18.7. The van der Waals surface area contributed by atoms with Gasteiger partial charge < -0.3 is 14.3 Å². The molecule has 3 aromatic rings. The van der Waals surface area contributed by atoms with E-state index in [-0.39, 0.29) is 6.61 Å². The summed E-state index contributed by atoms with van der Waals surface area (Å²) < 4.78 is 19.9. The van der Waals surface area contributed by atoms with Crippen molar-refractivity contribution in [3.63, 3.8) is 0 Å². The number of H-pyrrole nitrogens is 1. The van der Waals surface area contributed by atoms with Crippen LogP contribution in [0.4, 0.5) is 5.69 Å². The lowest BCUT2D eigenvalue weighted by molar-refractivity contribution is 0.0528. The molecule has 1 atom stereocenters. The Morgan fingerprint density at radius 1 is 1.42 bits per heavy atom. The molecule has 7 nitrogen and oxygen atoms in total. The molecule has 0 spiro atoms. The van der Waals surface area contributed by atoms with E-state index in [4.69, 9.17) is 4.74 Å². The fourth-order valence-corrected chi connectivity index (χ4v) is 2.99. The number of nitrogens with one attached hydrogen (secondary N) is 2. The van der Waals surface area contributed by atoms with Crippen molar-refractivity contribution < 1.29 is 14.1 Å². The molecule has 2 aromatic heterocycles. The van der Waals surface area contributed by atoms with Gasteiger partial charge in [0.25, 0.3) is 0 Å². The predicted octanol–water partition coefficient (Wildman–Crippen LogP) is 3.41. The van der Waals surface area contributed by atoms with Crippen molar-refractivity contribution in [1.82, 2.24) is 15.0 Å². The summed E-state index contributed by atoms with van der Waals surface area (Å²) in [4.78, 5) is 24.2. The third-order valence-corrected chi connectivity index (χ3v) is 4.68. The van der Waals surface area contributed by atoms with Crippen molar-refractivity contribution in [3.8, 4) is 11.3 Å². The topological polar surface area (TPSA) is 103 Å². The summed E-state index contributed by atoms with van der Waals surface area (Å²) in [7, 11) is 0. The van der Waals surface area contributed by atoms with Crippen molar-refractivity contribution in [3.05, 3.63) is 53.8 Å². The fourth-order valence-electron chi connectivity index (χ4n) is 2.48. The molecule has 1 aromatic carbocycles. The number of allylic oxidation sites excluding steroid dienone is 1. The maximum Gasteiger partial charge on any atom is 0.340 e. The molecule has 0 aliphatic heterocycles. The molecule has 0 radical (unpaired) electrons. The normalized spacial score (nSPS) is 12.0. The monoisotopic (exact) mass is 370 g/mol. The Balaban J connectivity index is 2.07. The molecule has 0 bridgehead atoms. The van der Waals surface area contributed by atoms with Crippen molar-refractivity contribution in [1.29, 1.82) is 0 Å². The first-order valence-electron chi connectivity index (χ1n) is 7.94. The van der Waals surface area contributed by atoms with Gasteiger partial charge in [0.2, 0.25) is 0 Å². The standard InChI is InChI=1S/C18H18N4O3S/c1-4-25-18(23)14-9-19-17-15(14)16(20-10-21-17)12-6-5-7-13(8-12)22-26(24)11(2)3/h5-10,22H,2,4H2,1,3H3,(H,19,20,21). The zero-order valence-corrected chi connectivity index (χ0v) is 15.2. The highest BCUT2D eigenvalue weighted by atomic mass is 32.2. The summed E-state index contributed by atoms with van der Waals surface area (Å²) >= 11 is -1.38. The Kier molecular flexibility index (Phi) is 5.24. The molecular formula is C18H18N4O3S. The van der Waals surface area contributed by atoms with Gasteiger partial charge >= 0.3 is 5.97 Å². The second-order valence-electron chi connectivity index (χ2n) is 5.52. The largest absolute Gasteiger partial charge is 0.588 e. The average Bonchev–Trinajstić information content (AvgIpc) is 3.06. The van der Waals surface area contributed by atoms with Crippen LogP contribution in [0.15, 0.2) is 48.3 Å². The number of benzene rings is 1. The minimum absolute atomic E-state index is 0.278. The first-order chi connectivity index (χ1) is 12.5. The summed E-state index contributed by atoms with van der Waals surface area (Å²) in [6.45, 7) is 7.39. The third kappa shape index (κ3) is 3.56. The van der Waals surface area contributed by atoms with Crippen LogP contribution in [0.2, 0.25) is 0 Å². The van der Waals surface area contributed by atoms with Gasteiger partial charge in [-0.25, -0.2) is 19.5 Å². The van der Waals surface area contributed by atoms with Gasteiger partial charge in [-0.15, -0.1) is 0 Å². The Morgan fingerprint density at radius 3 is 2.96 bits per heavy atom. The number of ether oxygens (including phenoxy) is 1. The number of hydrogen-bond acceptors (Lipinski definition) is 6. The quantitative estimate of drug-likeness (QED) is 0.509. The van der Waals surface area contributed by atoms with Crippen LogP contribution in [0.5, 0.6) is 0 Å². The van der Waals surface area contributed by atoms with Crippen LogP contribution >= 0.6 is 0 Å². The Bertz CT molecular complexity index is 970. The number of carbonyl (C=O) groups excluding carboxylic acids is 1. The van der Waals surface area contributed by atoms with E-state index in [2.05, 4.69) is 26.3 Å². The van der Waals surface area contributed by atoms with E-state index in [1.165, 1.54) is 6.33 Å². The van der Waals surface area contributed by atoms with Gasteiger partial charge in [-0.2, -0.15) is 0 Å². The molecule has 0 aliphatic rings. The number of anilines is 1. The van der Waals surface area contributed by atoms with E-state index in [1.807, 2.05) is 18.2 Å². The minimum atomic E-state index is -1.38. The minimum Gasteiger partial charge on any atom is -0.588 e. The van der Waals surface area contributed by atoms with E-state index >= 15 is 0 Å². The van der Waals surface area contributed by atoms with Gasteiger partial charge in [-0.05, 0) is 25.6 Å². The molecule has 0 saturated heterocycles. The van der Waals surface area contributed by atoms with Gasteiger partial charge in [-0.3, -0.25) is 0 Å². The molecule has 26 heavy (non-hydrogen) atoms. The van der Waals surface area contributed by atoms with E-state index in [1.54, 1.807) is 26.1 Å². The maximum atomic E-state index is 12.2. The second-order valence-corrected chi connectivity index (χ2v) is 6.96. The van der Waals surface area contributed by atoms with Gasteiger partial charge in [-0.1, -0.05) is 12.1 Å². The number of aromatic nitrogens is 3. The van der Waals surface area contributed by atoms with Crippen LogP contribution in [0.1, 0.15) is 24.2 Å². The highest BCUT2D eigenvalue weighted by molar-refractivity contribution is 7.96. The number of carbonyl (C=O) groups is 1. The smallest absolute Gasteiger partial charge is 0.340 e. The van der Waals surface area contributed by atoms with E-state index in [0.29, 0.717) is 32.9 Å². The van der Waals surface area contributed by atoms with Gasteiger partial charge in [0.15, 0.2) is 0 Å². The van der Waals surface area contributed by atoms with Crippen molar-refractivity contribution >= 4 is 34.1 Å². The molecule has 0 saturated carbocycles. The lowest BCUT2D eigenvalue weighted by Crippen LogP contribution is -2.12. The number of esters is 1. The Morgan fingerprint density at radius 2 is 2.23 bits per heavy atom. The van der Waals surface area contributed by atoms with Gasteiger partial charge in [0.1, 0.15) is 16.9 Å². The van der Waals surface area contributed by atoms with Crippen molar-refractivity contribution in [2.24, 2.45) is 0 Å². The predicted molar refractivity (Wildman–Crippen MR) is 102 cm³/mol. The van der Waals surface area contributed by atoms with Crippen LogP contribution in [0, 0.1) is 0 Å². The van der Waals surface area contributed by atoms with Crippen LogP contribution in [0.25, 0.3) is 22.3 Å². The summed E-state index contributed by atoms with van der Waals surface area (Å²) in [5, 5.41) is 0.587. The highest BCUT2D eigenvalue weighted by Crippen LogP contribution is 2.30. The van der Waals surface area contributed by atoms with Crippen LogP contribution < -0.4 is 4.72 Å². The molecule has 0 aliphatic carbocycles. The number of rotatable bonds is 6. The molecule has 0 amide bonds. The van der Waals surface area contributed by atoms with Crippen molar-refractivity contribution in [2.45, 2.75) is 13.8 Å². The summed E-state index contributed by atoms with van der Waals surface area (Å²) in [6, 6.07) is 7.28. The first kappa shape index (κ1) is 18.0. The number of aromatic amines is 1. The highest BCUT2D eigenvalue weighted by Gasteiger charge is 2.19. The molecule has 0 fully saturated rings. The van der Waals surface area contributed by atoms with Gasteiger partial charge in [0.05, 0.1) is 40.3 Å². The second kappa shape index (κ2) is 7.59. The number of hydrogen-bond donors (Lipinski definition) is 2. The summed E-state index contributed by atoms with van der Waals surface area (Å²) in [5.74, 6) is -0.438. The summed E-state index contributed by atoms with van der Waals surface area (Å²) in [5.41, 5.74) is 2.92. The van der Waals surface area contributed by atoms with Crippen molar-refractivity contribution in [2.75, 3.05) is 11.3 Å².